The molecular weight excluding hydrogens is 244 g/mol. The van der Waals surface area contributed by atoms with E-state index in [0.717, 1.165) is 5.56 Å². The number of aryl methyl sites for hydroxylation is 1. The van der Waals surface area contributed by atoms with Gasteiger partial charge in [0.25, 0.3) is 0 Å². The molecule has 1 amide bonds. The molecule has 0 spiro atoms. The molecule has 0 aliphatic carbocycles. The van der Waals surface area contributed by atoms with E-state index in [4.69, 9.17) is 4.74 Å². The molecule has 1 aromatic carbocycles. The van der Waals surface area contributed by atoms with Crippen LogP contribution in [0, 0.1) is 0 Å². The molecule has 6 nitrogen and oxygen atoms in total. The largest absolute Gasteiger partial charge is 0.463 e. The van der Waals surface area contributed by atoms with Gasteiger partial charge in [0.2, 0.25) is 11.9 Å². The Morgan fingerprint density at radius 2 is 2.16 bits per heavy atom. The molecule has 100 valence electrons. The Kier molecular flexibility index (Phi) is 4.49. The molecule has 0 saturated carbocycles. The van der Waals surface area contributed by atoms with Crippen molar-refractivity contribution >= 4 is 11.9 Å². The first-order valence-corrected chi connectivity index (χ1v) is 6.17. The minimum atomic E-state index is -0.108. The molecule has 2 aromatic rings. The number of anilines is 1. The molecule has 0 fully saturated rings. The van der Waals surface area contributed by atoms with Gasteiger partial charge in [0, 0.05) is 6.42 Å². The monoisotopic (exact) mass is 260 g/mol. The van der Waals surface area contributed by atoms with Crippen molar-refractivity contribution in [3.05, 3.63) is 35.9 Å². The van der Waals surface area contributed by atoms with Crippen LogP contribution >= 0.6 is 0 Å². The SMILES string of the molecule is CCOc1n[nH]c(NC(=O)CCc2ccccc2)n1. The summed E-state index contributed by atoms with van der Waals surface area (Å²) in [6.07, 6.45) is 1.09. The summed E-state index contributed by atoms with van der Waals surface area (Å²) < 4.78 is 5.09. The summed E-state index contributed by atoms with van der Waals surface area (Å²) in [4.78, 5) is 15.7. The van der Waals surface area contributed by atoms with Gasteiger partial charge >= 0.3 is 6.01 Å². The van der Waals surface area contributed by atoms with Crippen molar-refractivity contribution in [2.75, 3.05) is 11.9 Å². The van der Waals surface area contributed by atoms with Gasteiger partial charge in [-0.3, -0.25) is 10.1 Å². The van der Waals surface area contributed by atoms with Crippen LogP contribution < -0.4 is 10.1 Å². The predicted molar refractivity (Wildman–Crippen MR) is 70.9 cm³/mol. The van der Waals surface area contributed by atoms with Crippen molar-refractivity contribution in [1.82, 2.24) is 15.2 Å². The van der Waals surface area contributed by atoms with Crippen molar-refractivity contribution in [3.8, 4) is 6.01 Å². The zero-order chi connectivity index (χ0) is 13.5. The number of hydrogen-bond donors (Lipinski definition) is 2. The second-order valence-electron chi connectivity index (χ2n) is 3.93. The van der Waals surface area contributed by atoms with Crippen LogP contribution in [0.25, 0.3) is 0 Å². The number of rotatable bonds is 6. The van der Waals surface area contributed by atoms with Crippen LogP contribution in [0.15, 0.2) is 30.3 Å². The van der Waals surface area contributed by atoms with E-state index >= 15 is 0 Å². The maximum atomic E-state index is 11.7. The van der Waals surface area contributed by atoms with E-state index in [-0.39, 0.29) is 11.9 Å². The lowest BCUT2D eigenvalue weighted by Gasteiger charge is -2.01. The van der Waals surface area contributed by atoms with E-state index in [1.54, 1.807) is 0 Å². The van der Waals surface area contributed by atoms with E-state index in [0.29, 0.717) is 25.4 Å². The highest BCUT2D eigenvalue weighted by Crippen LogP contribution is 2.07. The average Bonchev–Trinajstić information content (AvgIpc) is 2.85. The second-order valence-corrected chi connectivity index (χ2v) is 3.93. The molecule has 0 unspecified atom stereocenters. The molecule has 0 bridgehead atoms. The Balaban J connectivity index is 1.80. The number of aromatic nitrogens is 3. The topological polar surface area (TPSA) is 79.9 Å². The molecule has 2 rings (SSSR count). The standard InChI is InChI=1S/C13H16N4O2/c1-2-19-13-15-12(16-17-13)14-11(18)9-8-10-6-4-3-5-7-10/h3-7H,2,8-9H2,1H3,(H2,14,15,16,17,18). The predicted octanol–water partition coefficient (Wildman–Crippen LogP) is 1.77. The number of nitrogens with one attached hydrogen (secondary N) is 2. The van der Waals surface area contributed by atoms with Crippen molar-refractivity contribution in [3.63, 3.8) is 0 Å². The van der Waals surface area contributed by atoms with Crippen LogP contribution in [0.4, 0.5) is 5.95 Å². The van der Waals surface area contributed by atoms with Crippen LogP contribution in [0.5, 0.6) is 6.01 Å². The second kappa shape index (κ2) is 6.53. The number of hydrogen-bond acceptors (Lipinski definition) is 4. The highest BCUT2D eigenvalue weighted by molar-refractivity contribution is 5.89. The molecule has 2 N–H and O–H groups in total. The van der Waals surface area contributed by atoms with Gasteiger partial charge in [-0.05, 0) is 18.9 Å². The van der Waals surface area contributed by atoms with E-state index in [2.05, 4.69) is 20.5 Å². The first-order valence-electron chi connectivity index (χ1n) is 6.17. The number of ether oxygens (including phenoxy) is 1. The Morgan fingerprint density at radius 1 is 1.37 bits per heavy atom. The minimum absolute atomic E-state index is 0.108. The third-order valence-corrected chi connectivity index (χ3v) is 2.48. The summed E-state index contributed by atoms with van der Waals surface area (Å²) in [6.45, 7) is 2.33. The third-order valence-electron chi connectivity index (χ3n) is 2.48. The number of carbonyl (C=O) groups is 1. The fourth-order valence-corrected chi connectivity index (χ4v) is 1.59. The number of carbonyl (C=O) groups excluding carboxylic acids is 1. The van der Waals surface area contributed by atoms with Crippen molar-refractivity contribution < 1.29 is 9.53 Å². The molecule has 6 heteroatoms. The zero-order valence-corrected chi connectivity index (χ0v) is 10.7. The van der Waals surface area contributed by atoms with Crippen LogP contribution in [0.2, 0.25) is 0 Å². The van der Waals surface area contributed by atoms with Gasteiger partial charge in [-0.2, -0.15) is 4.98 Å². The zero-order valence-electron chi connectivity index (χ0n) is 10.7. The van der Waals surface area contributed by atoms with Gasteiger partial charge in [-0.15, -0.1) is 5.10 Å². The molecule has 1 aromatic heterocycles. The quantitative estimate of drug-likeness (QED) is 0.829. The van der Waals surface area contributed by atoms with Gasteiger partial charge in [0.05, 0.1) is 6.61 Å². The molecule has 0 radical (unpaired) electrons. The Morgan fingerprint density at radius 3 is 2.89 bits per heavy atom. The number of nitrogens with zero attached hydrogens (tertiary/aromatic N) is 2. The molecule has 1 heterocycles. The van der Waals surface area contributed by atoms with Crippen molar-refractivity contribution in [1.29, 1.82) is 0 Å². The molecule has 19 heavy (non-hydrogen) atoms. The summed E-state index contributed by atoms with van der Waals surface area (Å²) >= 11 is 0. The summed E-state index contributed by atoms with van der Waals surface area (Å²) in [5.41, 5.74) is 1.13. The van der Waals surface area contributed by atoms with Gasteiger partial charge in [-0.1, -0.05) is 30.3 Å². The molecule has 0 saturated heterocycles. The normalized spacial score (nSPS) is 10.2. The van der Waals surface area contributed by atoms with Crippen LogP contribution in [-0.4, -0.2) is 27.7 Å². The molecule has 0 aliphatic rings. The maximum absolute atomic E-state index is 11.7. The molecule has 0 aliphatic heterocycles. The lowest BCUT2D eigenvalue weighted by Crippen LogP contribution is -2.13. The summed E-state index contributed by atoms with van der Waals surface area (Å²) in [6, 6.07) is 10.1. The van der Waals surface area contributed by atoms with Crippen LogP contribution in [0.1, 0.15) is 18.9 Å². The number of H-pyrrole nitrogens is 1. The lowest BCUT2D eigenvalue weighted by molar-refractivity contribution is -0.116. The van der Waals surface area contributed by atoms with Gasteiger partial charge < -0.3 is 4.74 Å². The van der Waals surface area contributed by atoms with Gasteiger partial charge in [0.15, 0.2) is 0 Å². The van der Waals surface area contributed by atoms with E-state index < -0.39 is 0 Å². The van der Waals surface area contributed by atoms with Crippen LogP contribution in [-0.2, 0) is 11.2 Å². The van der Waals surface area contributed by atoms with Crippen molar-refractivity contribution in [2.24, 2.45) is 0 Å². The highest BCUT2D eigenvalue weighted by atomic mass is 16.5. The minimum Gasteiger partial charge on any atom is -0.463 e. The molecular formula is C13H16N4O2. The number of aromatic amines is 1. The summed E-state index contributed by atoms with van der Waals surface area (Å²) in [5, 5.41) is 9.05. The average molecular weight is 260 g/mol. The highest BCUT2D eigenvalue weighted by Gasteiger charge is 2.07. The first-order chi connectivity index (χ1) is 9.28. The van der Waals surface area contributed by atoms with Crippen LogP contribution in [0.3, 0.4) is 0 Å². The van der Waals surface area contributed by atoms with Gasteiger partial charge in [-0.25, -0.2) is 5.10 Å². The summed E-state index contributed by atoms with van der Waals surface area (Å²) in [7, 11) is 0. The first kappa shape index (κ1) is 13.1. The summed E-state index contributed by atoms with van der Waals surface area (Å²) in [5.74, 6) is 0.199. The Hall–Kier alpha value is -2.37. The van der Waals surface area contributed by atoms with Gasteiger partial charge in [0.1, 0.15) is 0 Å². The molecule has 0 atom stereocenters. The fraction of sp³-hybridized carbons (Fsp3) is 0.308. The van der Waals surface area contributed by atoms with E-state index in [1.807, 2.05) is 37.3 Å². The lowest BCUT2D eigenvalue weighted by atomic mass is 10.1. The fourth-order valence-electron chi connectivity index (χ4n) is 1.59. The smallest absolute Gasteiger partial charge is 0.337 e. The Bertz CT molecular complexity index is 524. The van der Waals surface area contributed by atoms with E-state index in [9.17, 15) is 4.79 Å². The number of benzene rings is 1. The third kappa shape index (κ3) is 4.09. The number of amides is 1. The maximum Gasteiger partial charge on any atom is 0.337 e. The van der Waals surface area contributed by atoms with Crippen molar-refractivity contribution in [2.45, 2.75) is 19.8 Å². The van der Waals surface area contributed by atoms with E-state index in [1.165, 1.54) is 0 Å². The Labute approximate surface area is 111 Å².